The number of hydrogen-bond donors (Lipinski definition) is 2. The van der Waals surface area contributed by atoms with Crippen LogP contribution in [0.25, 0.3) is 0 Å². The van der Waals surface area contributed by atoms with Crippen LogP contribution in [0.4, 0.5) is 11.4 Å². The highest BCUT2D eigenvalue weighted by atomic mass is 32.2. The van der Waals surface area contributed by atoms with E-state index in [1.165, 1.54) is 18.6 Å². The van der Waals surface area contributed by atoms with Crippen LogP contribution in [-0.2, 0) is 9.84 Å². The Morgan fingerprint density at radius 3 is 2.82 bits per heavy atom. The normalized spacial score (nSPS) is 18.9. The first kappa shape index (κ1) is 16.7. The van der Waals surface area contributed by atoms with Crippen molar-refractivity contribution in [3.63, 3.8) is 0 Å². The van der Waals surface area contributed by atoms with Gasteiger partial charge in [-0.3, -0.25) is 10.1 Å². The maximum absolute atomic E-state index is 11.5. The van der Waals surface area contributed by atoms with Crippen molar-refractivity contribution in [1.29, 1.82) is 0 Å². The Balaban J connectivity index is 2.05. The van der Waals surface area contributed by atoms with E-state index in [4.69, 9.17) is 0 Å². The lowest BCUT2D eigenvalue weighted by Crippen LogP contribution is -2.30. The molecule has 8 heteroatoms. The van der Waals surface area contributed by atoms with Crippen LogP contribution in [0.2, 0.25) is 0 Å². The molecule has 0 amide bonds. The maximum Gasteiger partial charge on any atom is 0.293 e. The summed E-state index contributed by atoms with van der Waals surface area (Å²) < 4.78 is 23.0. The van der Waals surface area contributed by atoms with Crippen molar-refractivity contribution >= 4 is 21.2 Å². The first-order valence-electron chi connectivity index (χ1n) is 7.31. The van der Waals surface area contributed by atoms with Crippen LogP contribution < -0.4 is 10.6 Å². The fourth-order valence-corrected chi connectivity index (χ4v) is 3.26. The smallest absolute Gasteiger partial charge is 0.293 e. The van der Waals surface area contributed by atoms with E-state index < -0.39 is 14.8 Å². The van der Waals surface area contributed by atoms with E-state index in [9.17, 15) is 18.5 Å². The third-order valence-corrected chi connectivity index (χ3v) is 4.97. The number of hydrogen-bond acceptors (Lipinski definition) is 6. The van der Waals surface area contributed by atoms with Crippen LogP contribution in [0, 0.1) is 16.0 Å². The molecule has 1 aliphatic heterocycles. The van der Waals surface area contributed by atoms with E-state index in [1.807, 2.05) is 0 Å². The fraction of sp³-hybridized carbons (Fsp3) is 0.571. The number of nitro benzene ring substituents is 1. The van der Waals surface area contributed by atoms with Crippen molar-refractivity contribution in [2.24, 2.45) is 5.92 Å². The van der Waals surface area contributed by atoms with Gasteiger partial charge in [-0.1, -0.05) is 0 Å². The number of piperidine rings is 1. The Labute approximate surface area is 130 Å². The second-order valence-electron chi connectivity index (χ2n) is 5.64. The highest BCUT2D eigenvalue weighted by Crippen LogP contribution is 2.28. The van der Waals surface area contributed by atoms with Gasteiger partial charge >= 0.3 is 0 Å². The van der Waals surface area contributed by atoms with Gasteiger partial charge in [0.2, 0.25) is 0 Å². The third-order valence-electron chi connectivity index (χ3n) is 3.86. The van der Waals surface area contributed by atoms with Gasteiger partial charge in [-0.05, 0) is 50.4 Å². The van der Waals surface area contributed by atoms with Crippen LogP contribution in [0.3, 0.4) is 0 Å². The maximum atomic E-state index is 11.5. The molecule has 1 saturated heterocycles. The molecule has 1 heterocycles. The van der Waals surface area contributed by atoms with Gasteiger partial charge in [0.15, 0.2) is 9.84 Å². The molecule has 1 aromatic rings. The van der Waals surface area contributed by atoms with Crippen molar-refractivity contribution in [2.75, 3.05) is 31.2 Å². The number of nitrogens with one attached hydrogen (secondary N) is 2. The minimum absolute atomic E-state index is 0.0405. The lowest BCUT2D eigenvalue weighted by atomic mass is 9.96. The summed E-state index contributed by atoms with van der Waals surface area (Å²) in [5.74, 6) is 0.579. The van der Waals surface area contributed by atoms with Gasteiger partial charge in [-0.25, -0.2) is 8.42 Å². The molecule has 0 aromatic heterocycles. The zero-order valence-corrected chi connectivity index (χ0v) is 13.4. The van der Waals surface area contributed by atoms with E-state index in [2.05, 4.69) is 10.6 Å². The molecule has 0 bridgehead atoms. The van der Waals surface area contributed by atoms with E-state index in [1.54, 1.807) is 0 Å². The molecule has 1 fully saturated rings. The van der Waals surface area contributed by atoms with Gasteiger partial charge in [-0.15, -0.1) is 0 Å². The summed E-state index contributed by atoms with van der Waals surface area (Å²) >= 11 is 0. The summed E-state index contributed by atoms with van der Waals surface area (Å²) in [5, 5.41) is 17.5. The average molecular weight is 327 g/mol. The van der Waals surface area contributed by atoms with Gasteiger partial charge in [0, 0.05) is 18.9 Å². The number of nitro groups is 1. The van der Waals surface area contributed by atoms with Crippen molar-refractivity contribution in [2.45, 2.75) is 24.2 Å². The zero-order chi connectivity index (χ0) is 16.2. The summed E-state index contributed by atoms with van der Waals surface area (Å²) in [4.78, 5) is 10.5. The third kappa shape index (κ3) is 4.41. The van der Waals surface area contributed by atoms with Gasteiger partial charge < -0.3 is 10.6 Å². The van der Waals surface area contributed by atoms with E-state index >= 15 is 0 Å². The summed E-state index contributed by atoms with van der Waals surface area (Å²) in [6.45, 7) is 2.67. The van der Waals surface area contributed by atoms with Crippen LogP contribution in [0.15, 0.2) is 23.1 Å². The molecule has 2 N–H and O–H groups in total. The number of rotatable bonds is 6. The molecule has 1 atom stereocenters. The average Bonchev–Trinajstić information content (AvgIpc) is 2.47. The molecule has 1 aromatic carbocycles. The van der Waals surface area contributed by atoms with Crippen LogP contribution in [-0.4, -0.2) is 39.2 Å². The molecule has 7 nitrogen and oxygen atoms in total. The Bertz CT molecular complexity index is 639. The van der Waals surface area contributed by atoms with Crippen molar-refractivity contribution in [3.05, 3.63) is 28.3 Å². The monoisotopic (exact) mass is 327 g/mol. The summed E-state index contributed by atoms with van der Waals surface area (Å²) in [7, 11) is -3.45. The molecule has 0 spiro atoms. The number of sulfone groups is 1. The Hall–Kier alpha value is -1.67. The molecular weight excluding hydrogens is 306 g/mol. The largest absolute Gasteiger partial charge is 0.379 e. The first-order chi connectivity index (χ1) is 10.4. The highest BCUT2D eigenvalue weighted by Gasteiger charge is 2.19. The quantitative estimate of drug-likeness (QED) is 0.610. The predicted molar refractivity (Wildman–Crippen MR) is 84.9 cm³/mol. The summed E-state index contributed by atoms with van der Waals surface area (Å²) in [5.41, 5.74) is 0.158. The van der Waals surface area contributed by atoms with Gasteiger partial charge in [0.05, 0.1) is 9.82 Å². The van der Waals surface area contributed by atoms with Crippen molar-refractivity contribution < 1.29 is 13.3 Å². The summed E-state index contributed by atoms with van der Waals surface area (Å²) in [6, 6.07) is 3.97. The number of anilines is 1. The molecule has 122 valence electrons. The highest BCUT2D eigenvalue weighted by molar-refractivity contribution is 7.90. The molecule has 0 saturated carbocycles. The molecule has 0 radical (unpaired) electrons. The Morgan fingerprint density at radius 1 is 1.45 bits per heavy atom. The number of benzene rings is 1. The van der Waals surface area contributed by atoms with Crippen molar-refractivity contribution in [1.82, 2.24) is 5.32 Å². The lowest BCUT2D eigenvalue weighted by molar-refractivity contribution is -0.384. The zero-order valence-electron chi connectivity index (χ0n) is 12.5. The van der Waals surface area contributed by atoms with Crippen LogP contribution in [0.1, 0.15) is 19.3 Å². The second-order valence-corrected chi connectivity index (χ2v) is 7.65. The predicted octanol–water partition coefficient (Wildman–Crippen LogP) is 1.80. The first-order valence-corrected chi connectivity index (χ1v) is 9.20. The van der Waals surface area contributed by atoms with Crippen LogP contribution >= 0.6 is 0 Å². The van der Waals surface area contributed by atoms with Crippen molar-refractivity contribution in [3.8, 4) is 0 Å². The number of nitrogens with zero attached hydrogens (tertiary/aromatic N) is 1. The van der Waals surface area contributed by atoms with E-state index in [-0.39, 0.29) is 10.6 Å². The van der Waals surface area contributed by atoms with Gasteiger partial charge in [0.25, 0.3) is 5.69 Å². The molecule has 1 aliphatic rings. The van der Waals surface area contributed by atoms with Gasteiger partial charge in [-0.2, -0.15) is 0 Å². The molecular formula is C14H21N3O4S. The minimum atomic E-state index is -3.45. The molecule has 1 unspecified atom stereocenters. The van der Waals surface area contributed by atoms with E-state index in [0.29, 0.717) is 18.2 Å². The summed E-state index contributed by atoms with van der Waals surface area (Å²) in [6.07, 6.45) is 4.30. The molecule has 0 aliphatic carbocycles. The Morgan fingerprint density at radius 2 is 2.23 bits per heavy atom. The Kier molecular flexibility index (Phi) is 5.36. The molecule has 22 heavy (non-hydrogen) atoms. The van der Waals surface area contributed by atoms with Crippen LogP contribution in [0.5, 0.6) is 0 Å². The standard InChI is InChI=1S/C14H21N3O4S/c1-22(20,21)12-4-5-13(14(9-12)17(18)19)16-8-6-11-3-2-7-15-10-11/h4-5,9,11,15-16H,2-3,6-8,10H2,1H3. The van der Waals surface area contributed by atoms with Gasteiger partial charge in [0.1, 0.15) is 5.69 Å². The SMILES string of the molecule is CS(=O)(=O)c1ccc(NCCC2CCCNC2)c([N+](=O)[O-])c1. The second kappa shape index (κ2) is 7.06. The topological polar surface area (TPSA) is 101 Å². The minimum Gasteiger partial charge on any atom is -0.379 e. The molecule has 2 rings (SSSR count). The lowest BCUT2D eigenvalue weighted by Gasteiger charge is -2.22. The fourth-order valence-electron chi connectivity index (χ4n) is 2.62. The van der Waals surface area contributed by atoms with E-state index in [0.717, 1.165) is 38.3 Å².